The second-order valence-electron chi connectivity index (χ2n) is 4.61. The molecule has 0 aromatic heterocycles. The average molecular weight is 378 g/mol. The number of benzene rings is 2. The zero-order valence-electron chi connectivity index (χ0n) is 13.9. The molecule has 0 spiro atoms. The van der Waals surface area contributed by atoms with Gasteiger partial charge in [-0.05, 0) is 23.8 Å². The van der Waals surface area contributed by atoms with E-state index in [1.54, 1.807) is 42.5 Å². The molecule has 24 heavy (non-hydrogen) atoms. The van der Waals surface area contributed by atoms with E-state index in [1.807, 2.05) is 0 Å². The Balaban J connectivity index is 0.00000288. The van der Waals surface area contributed by atoms with Crippen LogP contribution in [-0.4, -0.2) is 23.7 Å². The molecule has 0 saturated heterocycles. The van der Waals surface area contributed by atoms with Gasteiger partial charge in [0.2, 0.25) is 0 Å². The minimum Gasteiger partial charge on any atom is -1.00 e. The summed E-state index contributed by atoms with van der Waals surface area (Å²) in [5.41, 5.74) is 1.80. The van der Waals surface area contributed by atoms with Crippen molar-refractivity contribution < 1.29 is 50.4 Å². The molecule has 0 atom stereocenters. The van der Waals surface area contributed by atoms with Gasteiger partial charge in [-0.15, -0.1) is 0 Å². The first-order valence-corrected chi connectivity index (χ1v) is 7.39. The van der Waals surface area contributed by atoms with Gasteiger partial charge in [0.1, 0.15) is 0 Å². The summed E-state index contributed by atoms with van der Waals surface area (Å²) in [6, 6.07) is 12.2. The van der Waals surface area contributed by atoms with E-state index >= 15 is 0 Å². The fourth-order valence-corrected chi connectivity index (χ4v) is 2.39. The first-order valence-electron chi connectivity index (χ1n) is 6.63. The van der Waals surface area contributed by atoms with E-state index in [0.29, 0.717) is 27.0 Å². The topological polar surface area (TPSA) is 75.6 Å². The number of carbonyl (C=O) groups is 2. The van der Waals surface area contributed by atoms with E-state index in [2.05, 4.69) is 10.1 Å². The Morgan fingerprint density at radius 3 is 2.33 bits per heavy atom. The molecule has 8 heteroatoms. The molecule has 0 heterocycles. The molecule has 0 radical (unpaired) electrons. The Hall–Kier alpha value is -1.24. The summed E-state index contributed by atoms with van der Waals surface area (Å²) in [6.07, 6.45) is -0.0709. The van der Waals surface area contributed by atoms with Crippen molar-refractivity contribution in [2.75, 3.05) is 11.9 Å². The normalized spacial score (nSPS) is 9.75. The van der Waals surface area contributed by atoms with Gasteiger partial charge in [0.25, 0.3) is 0 Å². The Labute approximate surface area is 172 Å². The van der Waals surface area contributed by atoms with E-state index in [4.69, 9.17) is 28.3 Å². The molecule has 0 aliphatic rings. The third kappa shape index (κ3) is 6.00. The fraction of sp³-hybridized carbons (Fsp3) is 0.125. The Morgan fingerprint density at radius 1 is 1.08 bits per heavy atom. The van der Waals surface area contributed by atoms with E-state index < -0.39 is 18.5 Å². The molecule has 0 unspecified atom stereocenters. The summed E-state index contributed by atoms with van der Waals surface area (Å²) in [5, 5.41) is 12.5. The number of carboxylic acids is 1. The molecule has 0 bridgehead atoms. The van der Waals surface area contributed by atoms with Crippen molar-refractivity contribution >= 4 is 46.5 Å². The van der Waals surface area contributed by atoms with Crippen LogP contribution in [0.25, 0.3) is 0 Å². The minimum absolute atomic E-state index is 0. The van der Waals surface area contributed by atoms with Crippen molar-refractivity contribution in [1.82, 2.24) is 0 Å². The van der Waals surface area contributed by atoms with Crippen LogP contribution < -0.4 is 34.9 Å². The zero-order valence-corrected chi connectivity index (χ0v) is 16.4. The molecule has 0 aliphatic carbocycles. The number of carboxylic acid groups (broad SMARTS) is 1. The number of nitrogens with one attached hydrogen (secondary N) is 1. The van der Waals surface area contributed by atoms with Crippen LogP contribution >= 0.6 is 23.2 Å². The second-order valence-corrected chi connectivity index (χ2v) is 5.42. The van der Waals surface area contributed by atoms with Crippen molar-refractivity contribution in [2.24, 2.45) is 0 Å². The van der Waals surface area contributed by atoms with Gasteiger partial charge in [0.05, 0.1) is 22.2 Å². The summed E-state index contributed by atoms with van der Waals surface area (Å²) in [5.74, 6) is -1.83. The smallest absolute Gasteiger partial charge is 1.00 e. The maximum absolute atomic E-state index is 11.7. The van der Waals surface area contributed by atoms with Crippen LogP contribution in [0.2, 0.25) is 10.0 Å². The number of esters is 1. The van der Waals surface area contributed by atoms with Crippen molar-refractivity contribution in [3.05, 3.63) is 58.1 Å². The van der Waals surface area contributed by atoms with Crippen LogP contribution in [-0.2, 0) is 20.7 Å². The predicted octanol–water partition coefficient (Wildman–Crippen LogP) is 1.02. The fourth-order valence-electron chi connectivity index (χ4n) is 1.90. The van der Waals surface area contributed by atoms with Crippen LogP contribution in [0.15, 0.2) is 42.5 Å². The molecule has 2 N–H and O–H groups in total. The number of hydrogen-bond acceptors (Lipinski definition) is 4. The van der Waals surface area contributed by atoms with Crippen LogP contribution in [0.1, 0.15) is 6.99 Å². The molecule has 0 saturated carbocycles. The van der Waals surface area contributed by atoms with Crippen molar-refractivity contribution in [1.29, 1.82) is 0 Å². The van der Waals surface area contributed by atoms with Crippen LogP contribution in [0.4, 0.5) is 11.4 Å². The van der Waals surface area contributed by atoms with Gasteiger partial charge in [-0.25, -0.2) is 4.79 Å². The number of hydrogen-bond donors (Lipinski definition) is 2. The average Bonchev–Trinajstić information content (AvgIpc) is 2.50. The summed E-state index contributed by atoms with van der Waals surface area (Å²) in [7, 11) is 0. The number of aliphatic carboxylic acids is 1. The molecule has 122 valence electrons. The SMILES string of the molecule is O=C(O)COC(=O)Cc1ccccc1Nc1c(Cl)cccc1Cl.[H-].[Na+]. The molecule has 0 aliphatic heterocycles. The number of ether oxygens (including phenoxy) is 1. The predicted molar refractivity (Wildman–Crippen MR) is 89.6 cm³/mol. The number of rotatable bonds is 6. The van der Waals surface area contributed by atoms with Gasteiger partial charge in [-0.3, -0.25) is 4.79 Å². The van der Waals surface area contributed by atoms with Crippen molar-refractivity contribution in [3.8, 4) is 0 Å². The number of anilines is 2. The van der Waals surface area contributed by atoms with Crippen LogP contribution in [0, 0.1) is 0 Å². The Bertz CT molecular complexity index is 726. The van der Waals surface area contributed by atoms with Gasteiger partial charge in [0, 0.05) is 5.69 Å². The van der Waals surface area contributed by atoms with Gasteiger partial charge in [-0.1, -0.05) is 47.5 Å². The second kappa shape index (κ2) is 9.91. The quantitative estimate of drug-likeness (QED) is 0.580. The first-order chi connectivity index (χ1) is 11.0. The molecule has 2 aromatic rings. The molecular formula is C16H14Cl2NNaO4. The largest absolute Gasteiger partial charge is 1.00 e. The Morgan fingerprint density at radius 2 is 1.71 bits per heavy atom. The zero-order chi connectivity index (χ0) is 16.8. The van der Waals surface area contributed by atoms with Crippen molar-refractivity contribution in [3.63, 3.8) is 0 Å². The summed E-state index contributed by atoms with van der Waals surface area (Å²) in [6.45, 7) is -0.662. The van der Waals surface area contributed by atoms with Gasteiger partial charge >= 0.3 is 41.5 Å². The molecule has 2 aromatic carbocycles. The van der Waals surface area contributed by atoms with Gasteiger partial charge < -0.3 is 16.6 Å². The third-order valence-corrected chi connectivity index (χ3v) is 3.56. The number of halogens is 2. The summed E-state index contributed by atoms with van der Waals surface area (Å²) >= 11 is 12.2. The molecular weight excluding hydrogens is 364 g/mol. The first kappa shape index (κ1) is 20.8. The van der Waals surface area contributed by atoms with Crippen LogP contribution in [0.5, 0.6) is 0 Å². The maximum atomic E-state index is 11.7. The molecule has 0 amide bonds. The van der Waals surface area contributed by atoms with Crippen molar-refractivity contribution in [2.45, 2.75) is 6.42 Å². The molecule has 2 rings (SSSR count). The van der Waals surface area contributed by atoms with Gasteiger partial charge in [0.15, 0.2) is 6.61 Å². The molecule has 0 fully saturated rings. The maximum Gasteiger partial charge on any atom is 1.00 e. The van der Waals surface area contributed by atoms with Gasteiger partial charge in [-0.2, -0.15) is 0 Å². The van der Waals surface area contributed by atoms with E-state index in [0.717, 1.165) is 0 Å². The Kier molecular flexibility index (Phi) is 8.59. The van der Waals surface area contributed by atoms with E-state index in [-0.39, 0.29) is 37.4 Å². The number of carbonyl (C=O) groups excluding carboxylic acids is 1. The summed E-state index contributed by atoms with van der Waals surface area (Å²) < 4.78 is 4.64. The van der Waals surface area contributed by atoms with E-state index in [1.165, 1.54) is 0 Å². The minimum atomic E-state index is -1.20. The summed E-state index contributed by atoms with van der Waals surface area (Å²) in [4.78, 5) is 22.1. The third-order valence-electron chi connectivity index (χ3n) is 2.93. The van der Waals surface area contributed by atoms with E-state index in [9.17, 15) is 9.59 Å². The van der Waals surface area contributed by atoms with Crippen LogP contribution in [0.3, 0.4) is 0 Å². The number of para-hydroxylation sites is 2. The molecule has 5 nitrogen and oxygen atoms in total. The monoisotopic (exact) mass is 377 g/mol. The standard InChI is InChI=1S/C16H13Cl2NO4.Na.H/c17-11-5-3-6-12(18)16(11)19-13-7-2-1-4-10(13)8-15(22)23-9-14(20)21;;/h1-7,19H,8-9H2,(H,20,21);;/q;+1;-1.